The number of benzene rings is 2. The molecule has 0 bridgehead atoms. The average molecular weight is 389 g/mol. The van der Waals surface area contributed by atoms with E-state index in [0.29, 0.717) is 0 Å². The van der Waals surface area contributed by atoms with E-state index < -0.39 is 0 Å². The lowest BCUT2D eigenvalue weighted by molar-refractivity contribution is -1.02. The van der Waals surface area contributed by atoms with Crippen LogP contribution in [0.4, 0.5) is 0 Å². The molecule has 1 heterocycles. The van der Waals surface area contributed by atoms with Crippen LogP contribution >= 0.6 is 0 Å². The Labute approximate surface area is 167 Å². The second kappa shape index (κ2) is 9.66. The summed E-state index contributed by atoms with van der Waals surface area (Å²) in [7, 11) is 6.76. The minimum atomic E-state index is 0.781. The van der Waals surface area contributed by atoms with Crippen LogP contribution in [0.15, 0.2) is 36.4 Å². The maximum Gasteiger partial charge on any atom is 0.161 e. The number of hydrogen-bond acceptors (Lipinski definition) is 4. The van der Waals surface area contributed by atoms with Crippen molar-refractivity contribution < 1.29 is 28.7 Å². The van der Waals surface area contributed by atoms with E-state index in [1.165, 1.54) is 11.1 Å². The Bertz CT molecular complexity index is 773. The Morgan fingerprint density at radius 2 is 1.29 bits per heavy atom. The molecule has 1 aliphatic rings. The van der Waals surface area contributed by atoms with E-state index in [1.807, 2.05) is 18.2 Å². The van der Waals surface area contributed by atoms with Crippen LogP contribution in [0.3, 0.4) is 0 Å². The van der Waals surface area contributed by atoms with Gasteiger partial charge in [-0.1, -0.05) is 0 Å². The van der Waals surface area contributed by atoms with Gasteiger partial charge in [-0.25, -0.2) is 0 Å². The number of rotatable bonds is 8. The molecule has 152 valence electrons. The van der Waals surface area contributed by atoms with Gasteiger partial charge in [0.2, 0.25) is 0 Å². The quantitative estimate of drug-likeness (QED) is 0.679. The lowest BCUT2D eigenvalue weighted by Crippen LogP contribution is -3.27. The molecule has 0 spiro atoms. The van der Waals surface area contributed by atoms with Crippen molar-refractivity contribution in [3.05, 3.63) is 47.5 Å². The Hall–Kier alpha value is -2.44. The van der Waals surface area contributed by atoms with E-state index in [2.05, 4.69) is 18.2 Å². The van der Waals surface area contributed by atoms with E-state index in [4.69, 9.17) is 18.9 Å². The van der Waals surface area contributed by atoms with Gasteiger partial charge in [0.15, 0.2) is 11.5 Å². The molecule has 0 atom stereocenters. The van der Waals surface area contributed by atoms with Crippen LogP contribution < -0.4 is 28.7 Å². The van der Waals surface area contributed by atoms with Crippen LogP contribution in [-0.4, -0.2) is 54.6 Å². The van der Waals surface area contributed by atoms with Crippen LogP contribution in [-0.2, 0) is 13.1 Å². The second-order valence-corrected chi connectivity index (χ2v) is 7.22. The van der Waals surface area contributed by atoms with Crippen LogP contribution in [0.25, 0.3) is 0 Å². The Morgan fingerprint density at radius 1 is 0.643 bits per heavy atom. The smallest absolute Gasteiger partial charge is 0.161 e. The molecule has 28 heavy (non-hydrogen) atoms. The van der Waals surface area contributed by atoms with E-state index in [1.54, 1.807) is 38.2 Å². The van der Waals surface area contributed by atoms with Gasteiger partial charge in [0, 0.05) is 17.2 Å². The molecule has 6 heteroatoms. The van der Waals surface area contributed by atoms with Crippen LogP contribution in [0, 0.1) is 0 Å². The second-order valence-electron chi connectivity index (χ2n) is 7.22. The highest BCUT2D eigenvalue weighted by Gasteiger charge is 2.24. The van der Waals surface area contributed by atoms with E-state index >= 15 is 0 Å². The summed E-state index contributed by atoms with van der Waals surface area (Å²) in [5.41, 5.74) is 2.52. The van der Waals surface area contributed by atoms with Gasteiger partial charge in [0.1, 0.15) is 50.8 Å². The summed E-state index contributed by atoms with van der Waals surface area (Å²) >= 11 is 0. The van der Waals surface area contributed by atoms with Gasteiger partial charge in [-0.3, -0.25) is 0 Å². The van der Waals surface area contributed by atoms with Crippen molar-refractivity contribution in [2.24, 2.45) is 0 Å². The Balaban J connectivity index is 1.55. The molecular weight excluding hydrogens is 356 g/mol. The highest BCUT2D eigenvalue weighted by molar-refractivity contribution is 5.42. The first-order chi connectivity index (χ1) is 13.7. The lowest BCUT2D eigenvalue weighted by atomic mass is 10.1. The summed E-state index contributed by atoms with van der Waals surface area (Å²) in [6, 6.07) is 12.3. The van der Waals surface area contributed by atoms with Crippen LogP contribution in [0.2, 0.25) is 0 Å². The normalized spacial score (nSPS) is 19.1. The third-order valence-corrected chi connectivity index (χ3v) is 5.50. The fourth-order valence-electron chi connectivity index (χ4n) is 3.86. The predicted molar refractivity (Wildman–Crippen MR) is 108 cm³/mol. The van der Waals surface area contributed by atoms with E-state index in [0.717, 1.165) is 62.3 Å². The highest BCUT2D eigenvalue weighted by atomic mass is 16.5. The van der Waals surface area contributed by atoms with Crippen molar-refractivity contribution >= 4 is 0 Å². The fraction of sp³-hybridized carbons (Fsp3) is 0.455. The topological polar surface area (TPSA) is 45.8 Å². The number of piperazine rings is 1. The standard InChI is InChI=1S/C22H30N2O4/c1-25-19-7-6-18(21(14-19)27-3)16-24-11-9-23(10-12-24)15-17-5-8-20(26-2)22(13-17)28-4/h5-8,13-14H,9-12,15-16H2,1-4H3/p+2. The summed E-state index contributed by atoms with van der Waals surface area (Å²) in [4.78, 5) is 3.21. The third kappa shape index (κ3) is 4.88. The summed E-state index contributed by atoms with van der Waals surface area (Å²) in [6.07, 6.45) is 0. The van der Waals surface area contributed by atoms with E-state index in [9.17, 15) is 0 Å². The zero-order valence-electron chi connectivity index (χ0n) is 17.3. The minimum Gasteiger partial charge on any atom is -0.497 e. The minimum absolute atomic E-state index is 0.781. The van der Waals surface area contributed by atoms with Gasteiger partial charge in [0.25, 0.3) is 0 Å². The molecule has 1 fully saturated rings. The van der Waals surface area contributed by atoms with Crippen molar-refractivity contribution in [1.82, 2.24) is 0 Å². The molecule has 2 N–H and O–H groups in total. The first-order valence-corrected chi connectivity index (χ1v) is 9.75. The molecule has 1 aliphatic heterocycles. The molecule has 0 unspecified atom stereocenters. The van der Waals surface area contributed by atoms with Gasteiger partial charge < -0.3 is 28.7 Å². The molecule has 2 aromatic rings. The summed E-state index contributed by atoms with van der Waals surface area (Å²) in [5, 5.41) is 0. The number of ether oxygens (including phenoxy) is 4. The monoisotopic (exact) mass is 388 g/mol. The molecule has 0 radical (unpaired) electrons. The predicted octanol–water partition coefficient (Wildman–Crippen LogP) is 0.205. The summed E-state index contributed by atoms with van der Waals surface area (Å²) in [6.45, 7) is 6.61. The number of methoxy groups -OCH3 is 4. The summed E-state index contributed by atoms with van der Waals surface area (Å²) in [5.74, 6) is 3.32. The highest BCUT2D eigenvalue weighted by Crippen LogP contribution is 2.27. The summed E-state index contributed by atoms with van der Waals surface area (Å²) < 4.78 is 21.6. The molecule has 0 aliphatic carbocycles. The molecule has 0 aromatic heterocycles. The van der Waals surface area contributed by atoms with Gasteiger partial charge in [-0.05, 0) is 30.3 Å². The van der Waals surface area contributed by atoms with Crippen molar-refractivity contribution in [3.63, 3.8) is 0 Å². The van der Waals surface area contributed by atoms with Crippen LogP contribution in [0.1, 0.15) is 11.1 Å². The molecule has 6 nitrogen and oxygen atoms in total. The van der Waals surface area contributed by atoms with Crippen molar-refractivity contribution in [1.29, 1.82) is 0 Å². The van der Waals surface area contributed by atoms with E-state index in [-0.39, 0.29) is 0 Å². The molecular formula is C22H32N2O4+2. The van der Waals surface area contributed by atoms with Crippen molar-refractivity contribution in [2.75, 3.05) is 54.6 Å². The Morgan fingerprint density at radius 3 is 1.89 bits per heavy atom. The zero-order valence-corrected chi connectivity index (χ0v) is 17.3. The van der Waals surface area contributed by atoms with Crippen molar-refractivity contribution in [3.8, 4) is 23.0 Å². The molecule has 3 rings (SSSR count). The van der Waals surface area contributed by atoms with Gasteiger partial charge in [0.05, 0.1) is 28.4 Å². The largest absolute Gasteiger partial charge is 0.497 e. The van der Waals surface area contributed by atoms with Gasteiger partial charge in [-0.15, -0.1) is 0 Å². The first-order valence-electron chi connectivity index (χ1n) is 9.75. The maximum atomic E-state index is 5.55. The lowest BCUT2D eigenvalue weighted by Gasteiger charge is -2.30. The van der Waals surface area contributed by atoms with Crippen LogP contribution in [0.5, 0.6) is 23.0 Å². The number of nitrogens with one attached hydrogen (secondary N) is 2. The average Bonchev–Trinajstić information content (AvgIpc) is 2.75. The third-order valence-electron chi connectivity index (χ3n) is 5.50. The molecule has 0 saturated carbocycles. The maximum absolute atomic E-state index is 5.55. The van der Waals surface area contributed by atoms with Gasteiger partial charge >= 0.3 is 0 Å². The molecule has 0 amide bonds. The van der Waals surface area contributed by atoms with Gasteiger partial charge in [-0.2, -0.15) is 0 Å². The SMILES string of the molecule is COc1ccc(C[NH+]2CC[NH+](Cc3ccc(OC)c(OC)c3)CC2)c(OC)c1. The Kier molecular flexibility index (Phi) is 7.01. The molecule has 1 saturated heterocycles. The molecule has 2 aromatic carbocycles. The zero-order chi connectivity index (χ0) is 19.9. The first kappa shape index (κ1) is 20.3. The number of hydrogen-bond donors (Lipinski definition) is 2. The number of quaternary nitrogens is 2. The fourth-order valence-corrected chi connectivity index (χ4v) is 3.86. The van der Waals surface area contributed by atoms with Crippen molar-refractivity contribution in [2.45, 2.75) is 13.1 Å².